The molecule has 0 saturated carbocycles. The molecule has 1 saturated heterocycles. The van der Waals surface area contributed by atoms with E-state index in [0.717, 1.165) is 13.1 Å². The number of piperidine rings is 1. The van der Waals surface area contributed by atoms with Crippen molar-refractivity contribution < 1.29 is 23.8 Å². The second-order valence-corrected chi connectivity index (χ2v) is 7.06. The number of hydrogen-bond acceptors (Lipinski definition) is 6. The minimum atomic E-state index is -0.469. The summed E-state index contributed by atoms with van der Waals surface area (Å²) in [6, 6.07) is 3.05. The van der Waals surface area contributed by atoms with Crippen molar-refractivity contribution in [2.75, 3.05) is 41.0 Å². The zero-order valence-corrected chi connectivity index (χ0v) is 16.6. The fraction of sp³-hybridized carbons (Fsp3) is 0.579. The minimum absolute atomic E-state index is 0.253. The Morgan fingerprint density at radius 1 is 1.00 bits per heavy atom. The first-order valence-corrected chi connectivity index (χ1v) is 8.99. The van der Waals surface area contributed by atoms with E-state index in [-0.39, 0.29) is 18.0 Å². The summed E-state index contributed by atoms with van der Waals surface area (Å²) < 4.78 is 15.7. The number of amides is 2. The van der Waals surface area contributed by atoms with Crippen molar-refractivity contribution in [2.45, 2.75) is 20.3 Å². The Balaban J connectivity index is 1.96. The molecule has 2 rings (SSSR count). The van der Waals surface area contributed by atoms with Gasteiger partial charge in [0.25, 0.3) is 11.8 Å². The van der Waals surface area contributed by atoms with Crippen LogP contribution in [0.25, 0.3) is 0 Å². The van der Waals surface area contributed by atoms with Crippen LogP contribution in [-0.4, -0.2) is 57.7 Å². The number of ether oxygens (including phenoxy) is 3. The van der Waals surface area contributed by atoms with Crippen LogP contribution < -0.4 is 25.1 Å². The van der Waals surface area contributed by atoms with Crippen molar-refractivity contribution in [1.29, 1.82) is 0 Å². The molecule has 8 heteroatoms. The molecule has 2 N–H and O–H groups in total. The highest BCUT2D eigenvalue weighted by Gasteiger charge is 2.23. The van der Waals surface area contributed by atoms with Gasteiger partial charge >= 0.3 is 0 Å². The summed E-state index contributed by atoms with van der Waals surface area (Å²) in [5.74, 6) is 1.54. The quantitative estimate of drug-likeness (QED) is 0.728. The molecule has 2 atom stereocenters. The number of rotatable bonds is 6. The molecule has 1 aromatic rings. The predicted molar refractivity (Wildman–Crippen MR) is 101 cm³/mol. The molecular weight excluding hydrogens is 350 g/mol. The van der Waals surface area contributed by atoms with Gasteiger partial charge in [0.15, 0.2) is 11.5 Å². The van der Waals surface area contributed by atoms with Gasteiger partial charge in [0.2, 0.25) is 5.75 Å². The highest BCUT2D eigenvalue weighted by Crippen LogP contribution is 2.38. The van der Waals surface area contributed by atoms with Gasteiger partial charge in [-0.15, -0.1) is 0 Å². The standard InChI is InChI=1S/C19H29N3O5/c1-12-6-13(2)10-22(9-12)11-17(23)20-21-19(24)14-7-15(25-3)18(27-5)16(8-14)26-4/h7-8,12-13H,6,9-11H2,1-5H3,(H,20,23)(H,21,24). The van der Waals surface area contributed by atoms with Crippen LogP contribution in [0, 0.1) is 11.8 Å². The molecule has 0 aromatic heterocycles. The number of nitrogens with zero attached hydrogens (tertiary/aromatic N) is 1. The molecule has 1 heterocycles. The zero-order valence-electron chi connectivity index (χ0n) is 16.6. The summed E-state index contributed by atoms with van der Waals surface area (Å²) in [7, 11) is 4.44. The van der Waals surface area contributed by atoms with E-state index in [1.807, 2.05) is 0 Å². The van der Waals surface area contributed by atoms with E-state index in [1.165, 1.54) is 39.9 Å². The number of methoxy groups -OCH3 is 3. The normalized spacial score (nSPS) is 19.9. The smallest absolute Gasteiger partial charge is 0.269 e. The SMILES string of the molecule is COc1cc(C(=O)NNC(=O)CN2CC(C)CC(C)C2)cc(OC)c1OC. The second kappa shape index (κ2) is 9.45. The van der Waals surface area contributed by atoms with Crippen molar-refractivity contribution in [1.82, 2.24) is 15.8 Å². The van der Waals surface area contributed by atoms with Gasteiger partial charge in [-0.05, 0) is 30.4 Å². The highest BCUT2D eigenvalue weighted by atomic mass is 16.5. The number of benzene rings is 1. The number of nitrogens with one attached hydrogen (secondary N) is 2. The molecule has 1 aliphatic heterocycles. The van der Waals surface area contributed by atoms with E-state index in [0.29, 0.717) is 29.1 Å². The van der Waals surface area contributed by atoms with Crippen LogP contribution in [0.5, 0.6) is 17.2 Å². The number of likely N-dealkylation sites (tertiary alicyclic amines) is 1. The molecule has 8 nitrogen and oxygen atoms in total. The topological polar surface area (TPSA) is 89.1 Å². The highest BCUT2D eigenvalue weighted by molar-refractivity contribution is 5.96. The molecule has 0 aliphatic carbocycles. The molecule has 2 amide bonds. The fourth-order valence-electron chi connectivity index (χ4n) is 3.57. The Morgan fingerprint density at radius 2 is 1.56 bits per heavy atom. The lowest BCUT2D eigenvalue weighted by Gasteiger charge is -2.34. The lowest BCUT2D eigenvalue weighted by Crippen LogP contribution is -2.49. The van der Waals surface area contributed by atoms with E-state index in [4.69, 9.17) is 14.2 Å². The average molecular weight is 379 g/mol. The van der Waals surface area contributed by atoms with E-state index in [1.54, 1.807) is 0 Å². The van der Waals surface area contributed by atoms with Gasteiger partial charge in [-0.3, -0.25) is 25.3 Å². The van der Waals surface area contributed by atoms with Crippen LogP contribution in [0.2, 0.25) is 0 Å². The maximum atomic E-state index is 12.4. The number of carbonyl (C=O) groups excluding carboxylic acids is 2. The van der Waals surface area contributed by atoms with Crippen LogP contribution in [0.15, 0.2) is 12.1 Å². The van der Waals surface area contributed by atoms with Gasteiger partial charge in [0.1, 0.15) is 0 Å². The van der Waals surface area contributed by atoms with Crippen molar-refractivity contribution in [3.63, 3.8) is 0 Å². The van der Waals surface area contributed by atoms with Gasteiger partial charge in [0, 0.05) is 18.7 Å². The first-order chi connectivity index (χ1) is 12.9. The fourth-order valence-corrected chi connectivity index (χ4v) is 3.57. The zero-order chi connectivity index (χ0) is 20.0. The monoisotopic (exact) mass is 379 g/mol. The van der Waals surface area contributed by atoms with Crippen LogP contribution in [0.4, 0.5) is 0 Å². The van der Waals surface area contributed by atoms with Crippen LogP contribution in [0.3, 0.4) is 0 Å². The Bertz CT molecular complexity index is 644. The molecule has 1 aromatic carbocycles. The third kappa shape index (κ3) is 5.50. The van der Waals surface area contributed by atoms with Crippen molar-refractivity contribution >= 4 is 11.8 Å². The Labute approximate surface area is 160 Å². The Kier molecular flexibility index (Phi) is 7.29. The Morgan fingerprint density at radius 3 is 2.04 bits per heavy atom. The van der Waals surface area contributed by atoms with E-state index >= 15 is 0 Å². The summed E-state index contributed by atoms with van der Waals surface area (Å²) >= 11 is 0. The van der Waals surface area contributed by atoms with E-state index in [9.17, 15) is 9.59 Å². The van der Waals surface area contributed by atoms with Gasteiger partial charge in [-0.1, -0.05) is 13.8 Å². The van der Waals surface area contributed by atoms with Gasteiger partial charge in [-0.25, -0.2) is 0 Å². The molecular formula is C19H29N3O5. The maximum Gasteiger partial charge on any atom is 0.269 e. The lowest BCUT2D eigenvalue weighted by molar-refractivity contribution is -0.123. The molecule has 27 heavy (non-hydrogen) atoms. The van der Waals surface area contributed by atoms with Gasteiger partial charge < -0.3 is 14.2 Å². The minimum Gasteiger partial charge on any atom is -0.493 e. The molecule has 1 fully saturated rings. The largest absolute Gasteiger partial charge is 0.493 e. The molecule has 0 spiro atoms. The van der Waals surface area contributed by atoms with Crippen molar-refractivity contribution in [2.24, 2.45) is 11.8 Å². The molecule has 150 valence electrons. The van der Waals surface area contributed by atoms with Crippen molar-refractivity contribution in [3.8, 4) is 17.2 Å². The first kappa shape index (κ1) is 20.8. The summed E-state index contributed by atoms with van der Waals surface area (Å²) in [5.41, 5.74) is 5.18. The van der Waals surface area contributed by atoms with Gasteiger partial charge in [0.05, 0.1) is 27.9 Å². The van der Waals surface area contributed by atoms with E-state index in [2.05, 4.69) is 29.6 Å². The summed E-state index contributed by atoms with van der Waals surface area (Å²) in [5, 5.41) is 0. The summed E-state index contributed by atoms with van der Waals surface area (Å²) in [6.45, 7) is 6.40. The third-order valence-electron chi connectivity index (χ3n) is 4.55. The lowest BCUT2D eigenvalue weighted by atomic mass is 9.92. The summed E-state index contributed by atoms with van der Waals surface area (Å²) in [6.07, 6.45) is 1.18. The third-order valence-corrected chi connectivity index (χ3v) is 4.55. The van der Waals surface area contributed by atoms with Gasteiger partial charge in [-0.2, -0.15) is 0 Å². The maximum absolute atomic E-state index is 12.4. The molecule has 0 radical (unpaired) electrons. The van der Waals surface area contributed by atoms with Crippen LogP contribution in [0.1, 0.15) is 30.6 Å². The number of hydrogen-bond donors (Lipinski definition) is 2. The first-order valence-electron chi connectivity index (χ1n) is 8.99. The van der Waals surface area contributed by atoms with Crippen LogP contribution >= 0.6 is 0 Å². The molecule has 1 aliphatic rings. The predicted octanol–water partition coefficient (Wildman–Crippen LogP) is 1.45. The van der Waals surface area contributed by atoms with Crippen LogP contribution in [-0.2, 0) is 4.79 Å². The molecule has 0 bridgehead atoms. The van der Waals surface area contributed by atoms with E-state index < -0.39 is 5.91 Å². The van der Waals surface area contributed by atoms with Crippen molar-refractivity contribution in [3.05, 3.63) is 17.7 Å². The second-order valence-electron chi connectivity index (χ2n) is 7.06. The average Bonchev–Trinajstić information content (AvgIpc) is 2.63. The Hall–Kier alpha value is -2.48. The number of carbonyl (C=O) groups is 2. The molecule has 2 unspecified atom stereocenters. The summed E-state index contributed by atoms with van der Waals surface area (Å²) in [4.78, 5) is 26.7. The number of hydrazine groups is 1.